The Morgan fingerprint density at radius 3 is 0.991 bits per heavy atom. The minimum absolute atomic E-state index is 0.777. The number of para-hydroxylation sites is 11. The zero-order valence-corrected chi connectivity index (χ0v) is 64.5. The summed E-state index contributed by atoms with van der Waals surface area (Å²) in [5.41, 5.74) is 25.5. The van der Waals surface area contributed by atoms with Crippen LogP contribution in [0.25, 0.3) is 106 Å². The van der Waals surface area contributed by atoms with Gasteiger partial charge in [-0.3, -0.25) is 9.80 Å². The van der Waals surface area contributed by atoms with Crippen LogP contribution in [-0.2, 0) is 0 Å². The molecule has 0 spiro atoms. The number of fused-ring (bicyclic) bond motifs is 14. The molecule has 4 aromatic heterocycles. The van der Waals surface area contributed by atoms with Crippen molar-refractivity contribution in [2.75, 3.05) is 9.80 Å². The first kappa shape index (κ1) is 71.7. The van der Waals surface area contributed by atoms with Gasteiger partial charge >= 0.3 is 0 Å². The second-order valence-electron chi connectivity index (χ2n) is 28.3. The van der Waals surface area contributed by atoms with Gasteiger partial charge in [-0.25, -0.2) is 19.9 Å². The first-order valence-corrected chi connectivity index (χ1v) is 38.9. The Labute approximate surface area is 668 Å². The third-order valence-corrected chi connectivity index (χ3v) is 20.6. The number of aromatic nitrogens is 5. The number of aryl methyl sites for hydroxylation is 4. The molecule has 0 radical (unpaired) electrons. The highest BCUT2D eigenvalue weighted by Gasteiger charge is 2.36. The van der Waals surface area contributed by atoms with E-state index in [2.05, 4.69) is 230 Å². The number of ether oxygens (including phenoxy) is 4. The van der Waals surface area contributed by atoms with Crippen LogP contribution in [0.1, 0.15) is 36.5 Å². The second kappa shape index (κ2) is 31.4. The largest absolute Gasteiger partial charge is 0.453 e. The average Bonchev–Trinajstić information content (AvgIpc) is 1.61. The summed E-state index contributed by atoms with van der Waals surface area (Å²) in [6, 6.07) is 127. The van der Waals surface area contributed by atoms with E-state index in [0.29, 0.717) is 0 Å². The van der Waals surface area contributed by atoms with Crippen molar-refractivity contribution in [1.29, 1.82) is 0 Å². The van der Waals surface area contributed by atoms with E-state index in [9.17, 15) is 0 Å². The summed E-state index contributed by atoms with van der Waals surface area (Å²) >= 11 is 0. The van der Waals surface area contributed by atoms with Crippen molar-refractivity contribution in [3.8, 4) is 113 Å². The van der Waals surface area contributed by atoms with Gasteiger partial charge in [-0.2, -0.15) is 0 Å². The van der Waals surface area contributed by atoms with Crippen LogP contribution in [0.15, 0.2) is 370 Å². The fraction of sp³-hybridized carbons (Fsp3) is 0.0577. The monoisotopic (exact) mass is 1490 g/mol. The molecule has 19 aromatic rings. The molecule has 11 heteroatoms. The first-order chi connectivity index (χ1) is 56.7. The number of nitrogens with zero attached hydrogens (tertiary/aromatic N) is 7. The van der Waals surface area contributed by atoms with Crippen LogP contribution in [0, 0.1) is 27.7 Å². The quantitative estimate of drug-likeness (QED) is 0.160. The molecule has 4 aliphatic rings. The van der Waals surface area contributed by atoms with Gasteiger partial charge in [-0.05, 0) is 159 Å². The SMILES string of the molecule is CC.Cc1cc(-c2ccccc2)nc(-c2ccccc2)n1.Cc1cccc(-c2cc3c4c(c2)Oc2ccccc2N4c2ccccc2O3)c1.Cc1cccc(-c2cc3c4ccccc4n4c5ccccc5c(c2)c34)c1.Cc1nc(-c2ccccc2)cc(-c2ccccc2)n1.c1ccc2c(c1)Oc1cccc3c1N2c1ccccc1O3. The molecule has 0 fully saturated rings. The fourth-order valence-electron chi connectivity index (χ4n) is 15.5. The molecule has 0 atom stereocenters. The molecule has 4 aliphatic heterocycles. The lowest BCUT2D eigenvalue weighted by Crippen LogP contribution is -2.20. The minimum atomic E-state index is 0.777. The van der Waals surface area contributed by atoms with Crippen LogP contribution >= 0.6 is 0 Å². The normalized spacial score (nSPS) is 11.8. The van der Waals surface area contributed by atoms with E-state index in [1.165, 1.54) is 60.3 Å². The number of rotatable bonds is 6. The Bertz CT molecular complexity index is 6310. The molecular formula is C104H79N7O4. The molecule has 0 unspecified atom stereocenters. The van der Waals surface area contributed by atoms with E-state index in [4.69, 9.17) is 18.9 Å². The molecule has 8 heterocycles. The van der Waals surface area contributed by atoms with Crippen LogP contribution in [-0.4, -0.2) is 24.3 Å². The molecule has 554 valence electrons. The molecule has 0 aliphatic carbocycles. The summed E-state index contributed by atoms with van der Waals surface area (Å²) in [6.07, 6.45) is 0. The molecular weight excluding hydrogens is 1410 g/mol. The van der Waals surface area contributed by atoms with Gasteiger partial charge in [0.25, 0.3) is 0 Å². The van der Waals surface area contributed by atoms with Crippen molar-refractivity contribution < 1.29 is 18.9 Å². The number of hydrogen-bond donors (Lipinski definition) is 0. The zero-order chi connectivity index (χ0) is 77.9. The standard InChI is InChI=1S/C25H17NO2.C25H17N.C18H11NO2.2C17H14N2.C2H6/c1-16-7-6-8-17(13-16)18-14-23-25-24(15-18)28-22-12-5-3-10-20(22)26(25)19-9-2-4-11-21(19)27-23;1-16-7-6-8-17(13-16)18-14-21-19-9-2-4-11-23(19)26-24-12-5-3-10-20(24)22(15-18)25(21)26;1-3-8-14-12(6-1)19-13-7-2-4-9-15(13)21-17-11-5-10-16(20-14)18(17)19;1-13-18-16(14-8-4-2-5-9-14)12-17(19-13)15-10-6-3-7-11-15;1-13-12-16(14-8-4-2-5-9-14)19-17(18-13)15-10-6-3-7-11-15;1-2/h2-15H,1H3;2-15H,1H3;1-11H;2*2-12H,1H3;1-2H3. The van der Waals surface area contributed by atoms with E-state index in [0.717, 1.165) is 148 Å². The maximum atomic E-state index is 6.31. The van der Waals surface area contributed by atoms with Crippen LogP contribution in [0.4, 0.5) is 34.1 Å². The van der Waals surface area contributed by atoms with Crippen molar-refractivity contribution >= 4 is 72.2 Å². The predicted octanol–water partition coefficient (Wildman–Crippen LogP) is 28.8. The molecule has 0 bridgehead atoms. The molecule has 23 rings (SSSR count). The Kier molecular flexibility index (Phi) is 19.6. The highest BCUT2D eigenvalue weighted by Crippen LogP contribution is 2.62. The van der Waals surface area contributed by atoms with E-state index in [1.54, 1.807) is 0 Å². The van der Waals surface area contributed by atoms with Crippen LogP contribution in [0.2, 0.25) is 0 Å². The fourth-order valence-corrected chi connectivity index (χ4v) is 15.5. The molecule has 0 saturated heterocycles. The third-order valence-electron chi connectivity index (χ3n) is 20.6. The van der Waals surface area contributed by atoms with Gasteiger partial charge in [0.1, 0.15) is 17.2 Å². The molecule has 115 heavy (non-hydrogen) atoms. The van der Waals surface area contributed by atoms with E-state index < -0.39 is 0 Å². The van der Waals surface area contributed by atoms with Crippen molar-refractivity contribution in [1.82, 2.24) is 24.3 Å². The van der Waals surface area contributed by atoms with Gasteiger partial charge in [0.05, 0.1) is 56.4 Å². The summed E-state index contributed by atoms with van der Waals surface area (Å²) in [7, 11) is 0. The third kappa shape index (κ3) is 14.1. The maximum Gasteiger partial charge on any atom is 0.160 e. The zero-order valence-electron chi connectivity index (χ0n) is 64.5. The molecule has 0 amide bonds. The topological polar surface area (TPSA) is 99.4 Å². The maximum absolute atomic E-state index is 6.31. The second-order valence-corrected chi connectivity index (χ2v) is 28.3. The van der Waals surface area contributed by atoms with Gasteiger partial charge in [-0.1, -0.05) is 286 Å². The number of benzene rings is 15. The average molecular weight is 1490 g/mol. The molecule has 0 saturated carbocycles. The Hall–Kier alpha value is -14.9. The first-order valence-electron chi connectivity index (χ1n) is 38.9. The predicted molar refractivity (Wildman–Crippen MR) is 471 cm³/mol. The van der Waals surface area contributed by atoms with E-state index in [-0.39, 0.29) is 0 Å². The number of anilines is 6. The van der Waals surface area contributed by atoms with Crippen molar-refractivity contribution in [3.63, 3.8) is 0 Å². The summed E-state index contributed by atoms with van der Waals surface area (Å²) in [4.78, 5) is 22.7. The lowest BCUT2D eigenvalue weighted by molar-refractivity contribution is 0.445. The van der Waals surface area contributed by atoms with Gasteiger partial charge in [-0.15, -0.1) is 0 Å². The molecule has 0 N–H and O–H groups in total. The summed E-state index contributed by atoms with van der Waals surface area (Å²) in [6.45, 7) is 12.2. The van der Waals surface area contributed by atoms with Crippen LogP contribution in [0.3, 0.4) is 0 Å². The van der Waals surface area contributed by atoms with Gasteiger partial charge in [0.2, 0.25) is 0 Å². The Balaban J connectivity index is 0.000000100. The highest BCUT2D eigenvalue weighted by molar-refractivity contribution is 6.24. The number of hydrogen-bond acceptors (Lipinski definition) is 10. The minimum Gasteiger partial charge on any atom is -0.453 e. The van der Waals surface area contributed by atoms with Crippen LogP contribution in [0.5, 0.6) is 46.0 Å². The van der Waals surface area contributed by atoms with E-state index in [1.807, 2.05) is 216 Å². The van der Waals surface area contributed by atoms with Crippen molar-refractivity contribution in [3.05, 3.63) is 393 Å². The smallest absolute Gasteiger partial charge is 0.160 e. The lowest BCUT2D eigenvalue weighted by Gasteiger charge is -2.38. The summed E-state index contributed by atoms with van der Waals surface area (Å²) in [5, 5.41) is 5.33. The van der Waals surface area contributed by atoms with E-state index >= 15 is 0 Å². The summed E-state index contributed by atoms with van der Waals surface area (Å²) < 4.78 is 27.1. The summed E-state index contributed by atoms with van der Waals surface area (Å²) in [5.74, 6) is 8.24. The van der Waals surface area contributed by atoms with Gasteiger partial charge in [0, 0.05) is 49.5 Å². The lowest BCUT2D eigenvalue weighted by atomic mass is 9.98. The van der Waals surface area contributed by atoms with Gasteiger partial charge in [0.15, 0.2) is 51.8 Å². The van der Waals surface area contributed by atoms with Crippen molar-refractivity contribution in [2.45, 2.75) is 41.5 Å². The molecule has 15 aromatic carbocycles. The Morgan fingerprint density at radius 1 is 0.235 bits per heavy atom. The van der Waals surface area contributed by atoms with Crippen LogP contribution < -0.4 is 28.7 Å². The molecule has 11 nitrogen and oxygen atoms in total. The van der Waals surface area contributed by atoms with Gasteiger partial charge < -0.3 is 23.3 Å². The Morgan fingerprint density at radius 2 is 0.565 bits per heavy atom. The van der Waals surface area contributed by atoms with Crippen molar-refractivity contribution in [2.24, 2.45) is 0 Å². The highest BCUT2D eigenvalue weighted by atomic mass is 16.5.